The number of hydrogen-bond acceptors (Lipinski definition) is 2. The summed E-state index contributed by atoms with van der Waals surface area (Å²) in [4.78, 5) is 0.251. The van der Waals surface area contributed by atoms with Crippen molar-refractivity contribution >= 4 is 37.6 Å². The molecule has 6 heteroatoms. The molecule has 0 amide bonds. The Bertz CT molecular complexity index is 503. The summed E-state index contributed by atoms with van der Waals surface area (Å²) < 4.78 is 26.9. The van der Waals surface area contributed by atoms with E-state index < -0.39 is 10.0 Å². The van der Waals surface area contributed by atoms with Crippen LogP contribution in [0.1, 0.15) is 26.7 Å². The van der Waals surface area contributed by atoms with E-state index in [4.69, 9.17) is 11.6 Å². The lowest BCUT2D eigenvalue weighted by Gasteiger charge is -2.20. The molecule has 0 aliphatic carbocycles. The lowest BCUT2D eigenvalue weighted by molar-refractivity contribution is 0.471. The van der Waals surface area contributed by atoms with Gasteiger partial charge < -0.3 is 0 Å². The Balaban J connectivity index is 2.74. The van der Waals surface area contributed by atoms with E-state index in [0.717, 1.165) is 12.8 Å². The van der Waals surface area contributed by atoms with Crippen molar-refractivity contribution in [3.8, 4) is 0 Å². The number of alkyl halides is 1. The molecule has 19 heavy (non-hydrogen) atoms. The second-order valence-corrected chi connectivity index (χ2v) is 7.69. The van der Waals surface area contributed by atoms with Crippen LogP contribution < -0.4 is 4.72 Å². The third-order valence-corrected chi connectivity index (χ3v) is 6.15. The van der Waals surface area contributed by atoms with Crippen molar-refractivity contribution in [3.05, 3.63) is 29.3 Å². The minimum absolute atomic E-state index is 0.125. The van der Waals surface area contributed by atoms with Gasteiger partial charge in [0, 0.05) is 11.4 Å². The van der Waals surface area contributed by atoms with Gasteiger partial charge in [-0.25, -0.2) is 13.1 Å². The van der Waals surface area contributed by atoms with Gasteiger partial charge in [0.2, 0.25) is 10.0 Å². The average molecular weight is 369 g/mol. The van der Waals surface area contributed by atoms with E-state index in [-0.39, 0.29) is 14.7 Å². The average Bonchev–Trinajstić information content (AvgIpc) is 2.38. The van der Waals surface area contributed by atoms with Gasteiger partial charge in [-0.1, -0.05) is 66.4 Å². The Morgan fingerprint density at radius 1 is 1.26 bits per heavy atom. The summed E-state index contributed by atoms with van der Waals surface area (Å²) in [6.07, 6.45) is 2.03. The Hall–Kier alpha value is -0.100. The number of sulfonamides is 1. The highest BCUT2D eigenvalue weighted by Crippen LogP contribution is 2.22. The van der Waals surface area contributed by atoms with Gasteiger partial charge in [0.05, 0.1) is 5.02 Å². The molecule has 108 valence electrons. The van der Waals surface area contributed by atoms with Crippen molar-refractivity contribution in [2.45, 2.75) is 36.4 Å². The van der Waals surface area contributed by atoms with Gasteiger partial charge in [-0.3, -0.25) is 0 Å². The largest absolute Gasteiger partial charge is 0.242 e. The molecule has 0 bridgehead atoms. The van der Waals surface area contributed by atoms with Crippen LogP contribution in [0.5, 0.6) is 0 Å². The molecular formula is C13H19BrClNO2S. The molecule has 1 atom stereocenters. The molecule has 1 N–H and O–H groups in total. The molecule has 1 rings (SSSR count). The molecule has 0 heterocycles. The predicted octanol–water partition coefficient (Wildman–Crippen LogP) is 3.82. The Morgan fingerprint density at radius 3 is 2.37 bits per heavy atom. The maximum atomic E-state index is 12.1. The molecule has 0 fully saturated rings. The molecule has 0 spiro atoms. The first-order chi connectivity index (χ1) is 8.92. The van der Waals surface area contributed by atoms with Gasteiger partial charge >= 0.3 is 0 Å². The van der Waals surface area contributed by atoms with E-state index in [1.165, 1.54) is 6.07 Å². The van der Waals surface area contributed by atoms with Crippen LogP contribution >= 0.6 is 27.5 Å². The summed E-state index contributed by atoms with van der Waals surface area (Å²) in [5.41, 5.74) is 0. The van der Waals surface area contributed by atoms with Crippen LogP contribution in [0.15, 0.2) is 29.2 Å². The number of halogens is 2. The molecule has 0 radical (unpaired) electrons. The monoisotopic (exact) mass is 367 g/mol. The van der Waals surface area contributed by atoms with Crippen LogP contribution in [0, 0.1) is 5.92 Å². The summed E-state index contributed by atoms with van der Waals surface area (Å²) in [6.45, 7) is 4.57. The van der Waals surface area contributed by atoms with E-state index in [0.29, 0.717) is 12.5 Å². The number of hydrogen-bond donors (Lipinski definition) is 1. The summed E-state index contributed by atoms with van der Waals surface area (Å²) in [5, 5.41) is 0.239. The van der Waals surface area contributed by atoms with Crippen LogP contribution in [0.3, 0.4) is 0 Å². The SMILES string of the molecule is CCC(CC)C(Br)CNS(=O)(=O)c1ccccc1Cl. The minimum atomic E-state index is -3.55. The van der Waals surface area contributed by atoms with Crippen LogP contribution in [0.2, 0.25) is 5.02 Å². The Kier molecular flexibility index (Phi) is 6.80. The molecule has 0 aromatic heterocycles. The molecule has 1 aromatic rings. The number of benzene rings is 1. The van der Waals surface area contributed by atoms with Crippen molar-refractivity contribution < 1.29 is 8.42 Å². The quantitative estimate of drug-likeness (QED) is 0.744. The van der Waals surface area contributed by atoms with E-state index in [1.54, 1.807) is 18.2 Å². The van der Waals surface area contributed by atoms with Crippen LogP contribution in [-0.4, -0.2) is 19.8 Å². The maximum Gasteiger partial charge on any atom is 0.242 e. The van der Waals surface area contributed by atoms with Gasteiger partial charge in [-0.05, 0) is 18.1 Å². The lowest BCUT2D eigenvalue weighted by atomic mass is 10.00. The predicted molar refractivity (Wildman–Crippen MR) is 83.4 cm³/mol. The van der Waals surface area contributed by atoms with Crippen molar-refractivity contribution in [1.82, 2.24) is 4.72 Å². The van der Waals surface area contributed by atoms with Crippen molar-refractivity contribution in [2.24, 2.45) is 5.92 Å². The van der Waals surface area contributed by atoms with Crippen LogP contribution in [0.4, 0.5) is 0 Å². The first-order valence-electron chi connectivity index (χ1n) is 6.30. The molecule has 0 saturated heterocycles. The standard InChI is InChI=1S/C13H19BrClNO2S/c1-3-10(4-2)11(14)9-16-19(17,18)13-8-6-5-7-12(13)15/h5-8,10-11,16H,3-4,9H2,1-2H3. The van der Waals surface area contributed by atoms with Crippen LogP contribution in [-0.2, 0) is 10.0 Å². The highest BCUT2D eigenvalue weighted by Gasteiger charge is 2.21. The third-order valence-electron chi connectivity index (χ3n) is 3.15. The second-order valence-electron chi connectivity index (χ2n) is 4.37. The number of rotatable bonds is 7. The smallest absolute Gasteiger partial charge is 0.210 e. The molecule has 0 aliphatic rings. The molecule has 1 aromatic carbocycles. The zero-order valence-electron chi connectivity index (χ0n) is 11.1. The fourth-order valence-electron chi connectivity index (χ4n) is 1.90. The topological polar surface area (TPSA) is 46.2 Å². The van der Waals surface area contributed by atoms with Gasteiger partial charge in [0.1, 0.15) is 4.90 Å². The van der Waals surface area contributed by atoms with Crippen molar-refractivity contribution in [1.29, 1.82) is 0 Å². The highest BCUT2D eigenvalue weighted by molar-refractivity contribution is 9.09. The molecule has 0 aliphatic heterocycles. The first-order valence-corrected chi connectivity index (χ1v) is 9.08. The van der Waals surface area contributed by atoms with Gasteiger partial charge in [0.15, 0.2) is 0 Å². The van der Waals surface area contributed by atoms with Crippen molar-refractivity contribution in [3.63, 3.8) is 0 Å². The normalized spacial score (nSPS) is 13.7. The lowest BCUT2D eigenvalue weighted by Crippen LogP contribution is -2.33. The molecular weight excluding hydrogens is 350 g/mol. The summed E-state index contributed by atoms with van der Waals surface area (Å²) >= 11 is 9.46. The first kappa shape index (κ1) is 17.0. The molecule has 0 saturated carbocycles. The fourth-order valence-corrected chi connectivity index (χ4v) is 4.60. The maximum absolute atomic E-state index is 12.1. The van der Waals surface area contributed by atoms with Gasteiger partial charge in [-0.15, -0.1) is 0 Å². The van der Waals surface area contributed by atoms with E-state index >= 15 is 0 Å². The zero-order chi connectivity index (χ0) is 14.5. The molecule has 3 nitrogen and oxygen atoms in total. The fraction of sp³-hybridized carbons (Fsp3) is 0.538. The number of nitrogens with one attached hydrogen (secondary N) is 1. The summed E-state index contributed by atoms with van der Waals surface area (Å²) in [6, 6.07) is 6.44. The van der Waals surface area contributed by atoms with Crippen molar-refractivity contribution in [2.75, 3.05) is 6.54 Å². The second kappa shape index (κ2) is 7.62. The zero-order valence-corrected chi connectivity index (χ0v) is 14.2. The Morgan fingerprint density at radius 2 is 1.84 bits per heavy atom. The minimum Gasteiger partial charge on any atom is -0.210 e. The molecule has 1 unspecified atom stereocenters. The van der Waals surface area contributed by atoms with E-state index in [2.05, 4.69) is 34.5 Å². The third kappa shape index (κ3) is 4.74. The van der Waals surface area contributed by atoms with Crippen LogP contribution in [0.25, 0.3) is 0 Å². The summed E-state index contributed by atoms with van der Waals surface area (Å²) in [5.74, 6) is 0.453. The highest BCUT2D eigenvalue weighted by atomic mass is 79.9. The summed E-state index contributed by atoms with van der Waals surface area (Å²) in [7, 11) is -3.55. The Labute approximate surface area is 128 Å². The van der Waals surface area contributed by atoms with E-state index in [1.807, 2.05) is 0 Å². The van der Waals surface area contributed by atoms with Gasteiger partial charge in [-0.2, -0.15) is 0 Å². The van der Waals surface area contributed by atoms with E-state index in [9.17, 15) is 8.42 Å². The van der Waals surface area contributed by atoms with Gasteiger partial charge in [0.25, 0.3) is 0 Å².